The monoisotopic (exact) mass is 341 g/mol. The summed E-state index contributed by atoms with van der Waals surface area (Å²) >= 11 is 0. The first-order valence-corrected chi connectivity index (χ1v) is 8.90. The lowest BCUT2D eigenvalue weighted by Gasteiger charge is -2.09. The zero-order valence-electron chi connectivity index (χ0n) is 15.7. The van der Waals surface area contributed by atoms with Gasteiger partial charge in [-0.3, -0.25) is 4.98 Å². The van der Waals surface area contributed by atoms with Crippen LogP contribution in [0.4, 0.5) is 0 Å². The maximum Gasteiger partial charge on any atom is 0.220 e. The van der Waals surface area contributed by atoms with E-state index in [2.05, 4.69) is 90.5 Å². The van der Waals surface area contributed by atoms with E-state index in [0.717, 1.165) is 5.69 Å². The zero-order valence-corrected chi connectivity index (χ0v) is 15.7. The molecule has 4 aromatic rings. The van der Waals surface area contributed by atoms with Crippen molar-refractivity contribution < 1.29 is 9.13 Å². The minimum Gasteiger partial charge on any atom is -0.252 e. The van der Waals surface area contributed by atoms with Gasteiger partial charge in [0.1, 0.15) is 0 Å². The Kier molecular flexibility index (Phi) is 4.00. The van der Waals surface area contributed by atoms with Gasteiger partial charge in [0.05, 0.1) is 18.0 Å². The standard InChI is InChI=1S/C23H23N3/c1-16-11-22(25-10-9-24-14-18(25)3)19(4)23(12-16)26-15-21-8-6-5-7-20(21)13-17(26)2/h5-15H,1-4H3/q+2. The third kappa shape index (κ3) is 2.76. The first-order valence-electron chi connectivity index (χ1n) is 8.90. The normalized spacial score (nSPS) is 11.1. The van der Waals surface area contributed by atoms with Crippen LogP contribution in [0.25, 0.3) is 22.1 Å². The maximum atomic E-state index is 4.23. The summed E-state index contributed by atoms with van der Waals surface area (Å²) in [4.78, 5) is 4.23. The van der Waals surface area contributed by atoms with Gasteiger partial charge in [-0.15, -0.1) is 0 Å². The average molecular weight is 341 g/mol. The molecule has 0 saturated heterocycles. The van der Waals surface area contributed by atoms with E-state index in [1.165, 1.54) is 39.0 Å². The zero-order chi connectivity index (χ0) is 18.3. The Balaban J connectivity index is 1.99. The van der Waals surface area contributed by atoms with Crippen LogP contribution in [-0.2, 0) is 0 Å². The second-order valence-corrected chi connectivity index (χ2v) is 6.93. The van der Waals surface area contributed by atoms with Crippen LogP contribution in [0.5, 0.6) is 0 Å². The van der Waals surface area contributed by atoms with Crippen molar-refractivity contribution in [1.29, 1.82) is 0 Å². The number of benzene rings is 2. The fourth-order valence-electron chi connectivity index (χ4n) is 3.58. The number of hydrogen-bond donors (Lipinski definition) is 0. The van der Waals surface area contributed by atoms with Crippen molar-refractivity contribution in [2.75, 3.05) is 0 Å². The van der Waals surface area contributed by atoms with Crippen molar-refractivity contribution in [3.8, 4) is 11.4 Å². The van der Waals surface area contributed by atoms with Crippen molar-refractivity contribution in [3.05, 3.63) is 89.8 Å². The topological polar surface area (TPSA) is 20.6 Å². The average Bonchev–Trinajstić information content (AvgIpc) is 2.63. The molecule has 0 aliphatic rings. The van der Waals surface area contributed by atoms with Crippen molar-refractivity contribution >= 4 is 10.8 Å². The summed E-state index contributed by atoms with van der Waals surface area (Å²) in [6, 6.07) is 15.3. The largest absolute Gasteiger partial charge is 0.252 e. The minimum absolute atomic E-state index is 1.12. The van der Waals surface area contributed by atoms with Gasteiger partial charge in [-0.05, 0) is 30.9 Å². The second-order valence-electron chi connectivity index (χ2n) is 6.93. The number of fused-ring (bicyclic) bond motifs is 1. The highest BCUT2D eigenvalue weighted by Crippen LogP contribution is 2.20. The Labute approximate surface area is 154 Å². The molecule has 0 unspecified atom stereocenters. The van der Waals surface area contributed by atoms with Crippen LogP contribution >= 0.6 is 0 Å². The van der Waals surface area contributed by atoms with Crippen LogP contribution in [0.1, 0.15) is 22.5 Å². The van der Waals surface area contributed by atoms with E-state index < -0.39 is 0 Å². The van der Waals surface area contributed by atoms with Gasteiger partial charge in [-0.2, -0.15) is 9.13 Å². The number of aryl methyl sites for hydroxylation is 3. The minimum atomic E-state index is 1.12. The molecule has 128 valence electrons. The summed E-state index contributed by atoms with van der Waals surface area (Å²) < 4.78 is 4.50. The smallest absolute Gasteiger partial charge is 0.220 e. The Morgan fingerprint density at radius 1 is 0.769 bits per heavy atom. The van der Waals surface area contributed by atoms with Crippen LogP contribution in [-0.4, -0.2) is 4.98 Å². The van der Waals surface area contributed by atoms with E-state index in [1.54, 1.807) is 0 Å². The molecule has 2 aromatic carbocycles. The molecule has 0 saturated carbocycles. The molecule has 0 radical (unpaired) electrons. The molecule has 0 aliphatic heterocycles. The van der Waals surface area contributed by atoms with Gasteiger partial charge >= 0.3 is 0 Å². The molecule has 3 heteroatoms. The summed E-state index contributed by atoms with van der Waals surface area (Å²) in [7, 11) is 0. The van der Waals surface area contributed by atoms with Crippen molar-refractivity contribution in [2.24, 2.45) is 0 Å². The molecule has 3 nitrogen and oxygen atoms in total. The maximum absolute atomic E-state index is 4.23. The molecular formula is C23H23N3+2. The van der Waals surface area contributed by atoms with Gasteiger partial charge in [0.15, 0.2) is 18.1 Å². The Hall–Kier alpha value is -3.07. The first-order chi connectivity index (χ1) is 12.5. The van der Waals surface area contributed by atoms with Gasteiger partial charge < -0.3 is 0 Å². The van der Waals surface area contributed by atoms with Crippen LogP contribution in [0.3, 0.4) is 0 Å². The van der Waals surface area contributed by atoms with Crippen molar-refractivity contribution in [3.63, 3.8) is 0 Å². The number of pyridine rings is 1. The van der Waals surface area contributed by atoms with Crippen LogP contribution < -0.4 is 9.13 Å². The number of hydrogen-bond acceptors (Lipinski definition) is 1. The van der Waals surface area contributed by atoms with E-state index in [0.29, 0.717) is 0 Å². The SMILES string of the molecule is Cc1cc(-[n+]2ccncc2C)c(C)c(-[n+]2cc3ccccc3cc2C)c1. The number of rotatable bonds is 2. The summed E-state index contributed by atoms with van der Waals surface area (Å²) in [6.45, 7) is 8.60. The van der Waals surface area contributed by atoms with Gasteiger partial charge in [0.25, 0.3) is 0 Å². The highest BCUT2D eigenvalue weighted by atomic mass is 15.0. The fraction of sp³-hybridized carbons (Fsp3) is 0.174. The van der Waals surface area contributed by atoms with Gasteiger partial charge in [-0.25, -0.2) is 0 Å². The molecule has 4 rings (SSSR count). The molecule has 2 heterocycles. The Morgan fingerprint density at radius 3 is 2.19 bits per heavy atom. The predicted octanol–water partition coefficient (Wildman–Crippen LogP) is 4.02. The molecule has 0 spiro atoms. The van der Waals surface area contributed by atoms with Crippen LogP contribution in [0.15, 0.2) is 67.3 Å². The van der Waals surface area contributed by atoms with Crippen LogP contribution in [0, 0.1) is 27.7 Å². The van der Waals surface area contributed by atoms with Gasteiger partial charge in [0.2, 0.25) is 17.1 Å². The lowest BCUT2D eigenvalue weighted by molar-refractivity contribution is -0.611. The fourth-order valence-corrected chi connectivity index (χ4v) is 3.58. The molecule has 0 aliphatic carbocycles. The summed E-state index contributed by atoms with van der Waals surface area (Å²) in [5, 5.41) is 2.51. The van der Waals surface area contributed by atoms with E-state index in [4.69, 9.17) is 0 Å². The Morgan fingerprint density at radius 2 is 1.46 bits per heavy atom. The van der Waals surface area contributed by atoms with Gasteiger partial charge in [0, 0.05) is 37.4 Å². The molecule has 2 aromatic heterocycles. The summed E-state index contributed by atoms with van der Waals surface area (Å²) in [5.41, 5.74) is 7.24. The molecule has 0 fully saturated rings. The quantitative estimate of drug-likeness (QED) is 0.504. The van der Waals surface area contributed by atoms with E-state index in [-0.39, 0.29) is 0 Å². The predicted molar refractivity (Wildman–Crippen MR) is 104 cm³/mol. The van der Waals surface area contributed by atoms with E-state index in [9.17, 15) is 0 Å². The molecule has 0 bridgehead atoms. The lowest BCUT2D eigenvalue weighted by atomic mass is 10.1. The highest BCUT2D eigenvalue weighted by molar-refractivity contribution is 5.81. The third-order valence-electron chi connectivity index (χ3n) is 4.97. The van der Waals surface area contributed by atoms with E-state index >= 15 is 0 Å². The van der Waals surface area contributed by atoms with Crippen molar-refractivity contribution in [1.82, 2.24) is 4.98 Å². The third-order valence-corrected chi connectivity index (χ3v) is 4.97. The summed E-state index contributed by atoms with van der Waals surface area (Å²) in [5.74, 6) is 0. The highest BCUT2D eigenvalue weighted by Gasteiger charge is 2.23. The molecule has 0 amide bonds. The molecular weight excluding hydrogens is 318 g/mol. The van der Waals surface area contributed by atoms with Crippen molar-refractivity contribution in [2.45, 2.75) is 27.7 Å². The van der Waals surface area contributed by atoms with Crippen LogP contribution in [0.2, 0.25) is 0 Å². The molecule has 0 atom stereocenters. The van der Waals surface area contributed by atoms with Gasteiger partial charge in [-0.1, -0.05) is 18.2 Å². The number of nitrogens with zero attached hydrogens (tertiary/aromatic N) is 3. The molecule has 0 N–H and O–H groups in total. The lowest BCUT2D eigenvalue weighted by Crippen LogP contribution is -2.39. The number of aromatic nitrogens is 3. The first kappa shape index (κ1) is 16.4. The Bertz CT molecular complexity index is 1130. The second kappa shape index (κ2) is 6.34. The van der Waals surface area contributed by atoms with E-state index in [1.807, 2.05) is 18.6 Å². The molecule has 26 heavy (non-hydrogen) atoms. The summed E-state index contributed by atoms with van der Waals surface area (Å²) in [6.07, 6.45) is 8.00.